The van der Waals surface area contributed by atoms with Crippen LogP contribution in [-0.2, 0) is 10.6 Å². The summed E-state index contributed by atoms with van der Waals surface area (Å²) in [4.78, 5) is 4.29. The van der Waals surface area contributed by atoms with E-state index in [4.69, 9.17) is 9.16 Å². The van der Waals surface area contributed by atoms with Gasteiger partial charge in [-0.25, -0.2) is 0 Å². The summed E-state index contributed by atoms with van der Waals surface area (Å²) < 4.78 is 52.4. The molecule has 9 heteroatoms. The van der Waals surface area contributed by atoms with Crippen LogP contribution in [0.5, 0.6) is 5.88 Å². The van der Waals surface area contributed by atoms with Crippen molar-refractivity contribution in [2.75, 3.05) is 13.7 Å². The number of hydrogen-bond donors (Lipinski definition) is 0. The summed E-state index contributed by atoms with van der Waals surface area (Å²) in [6.07, 6.45) is -1.28. The molecule has 3 rings (SSSR count). The fourth-order valence-corrected chi connectivity index (χ4v) is 3.90. The molecule has 0 aromatic carbocycles. The Balaban J connectivity index is 1.97. The Kier molecular flexibility index (Phi) is 6.27. The molecule has 0 aliphatic rings. The summed E-state index contributed by atoms with van der Waals surface area (Å²) in [5.41, 5.74) is 2.03. The van der Waals surface area contributed by atoms with Gasteiger partial charge in [-0.1, -0.05) is 27.4 Å². The van der Waals surface area contributed by atoms with Crippen LogP contribution < -0.4 is 4.74 Å². The molecule has 0 amide bonds. The van der Waals surface area contributed by atoms with Crippen molar-refractivity contribution < 1.29 is 22.3 Å². The molecule has 3 heterocycles. The average Bonchev–Trinajstić information content (AvgIpc) is 3.16. The van der Waals surface area contributed by atoms with Crippen molar-refractivity contribution in [3.8, 4) is 17.0 Å². The minimum atomic E-state index is -4.57. The van der Waals surface area contributed by atoms with Gasteiger partial charge in [0.05, 0.1) is 19.2 Å². The Labute approximate surface area is 187 Å². The highest BCUT2D eigenvalue weighted by molar-refractivity contribution is 6.74. The van der Waals surface area contributed by atoms with Crippen molar-refractivity contribution in [1.82, 2.24) is 14.6 Å². The van der Waals surface area contributed by atoms with Crippen molar-refractivity contribution >= 4 is 19.4 Å². The molecule has 0 aliphatic carbocycles. The van der Waals surface area contributed by atoms with Crippen molar-refractivity contribution in [3.63, 3.8) is 0 Å². The molecule has 0 aliphatic heterocycles. The first-order chi connectivity index (χ1) is 14.7. The first-order valence-electron chi connectivity index (χ1n) is 10.2. The highest BCUT2D eigenvalue weighted by atomic mass is 28.4. The molecule has 0 saturated carbocycles. The molecule has 3 aromatic heterocycles. The maximum Gasteiger partial charge on any atom is 0.435 e. The third kappa shape index (κ3) is 4.73. The minimum absolute atomic E-state index is 0.0697. The van der Waals surface area contributed by atoms with Crippen LogP contribution >= 0.6 is 0 Å². The van der Waals surface area contributed by atoms with E-state index in [9.17, 15) is 13.2 Å². The molecule has 0 spiro atoms. The van der Waals surface area contributed by atoms with E-state index in [2.05, 4.69) is 50.5 Å². The van der Waals surface area contributed by atoms with Gasteiger partial charge in [0, 0.05) is 29.6 Å². The van der Waals surface area contributed by atoms with E-state index in [0.29, 0.717) is 17.7 Å². The highest BCUT2D eigenvalue weighted by Crippen LogP contribution is 2.38. The summed E-state index contributed by atoms with van der Waals surface area (Å²) in [5, 5.41) is 3.76. The molecular formula is C23H28F3N3O2Si. The van der Waals surface area contributed by atoms with Gasteiger partial charge in [0.25, 0.3) is 0 Å². The zero-order chi connectivity index (χ0) is 23.9. The lowest BCUT2D eigenvalue weighted by atomic mass is 10.0. The van der Waals surface area contributed by atoms with Gasteiger partial charge in [-0.05, 0) is 47.5 Å². The van der Waals surface area contributed by atoms with Crippen LogP contribution in [0.1, 0.15) is 32.0 Å². The van der Waals surface area contributed by atoms with E-state index >= 15 is 0 Å². The topological polar surface area (TPSA) is 48.7 Å². The molecule has 0 atom stereocenters. The van der Waals surface area contributed by atoms with E-state index in [1.165, 1.54) is 7.11 Å². The number of aromatic nitrogens is 3. The molecule has 0 saturated heterocycles. The first-order valence-corrected chi connectivity index (χ1v) is 13.1. The van der Waals surface area contributed by atoms with Crippen molar-refractivity contribution in [3.05, 3.63) is 54.5 Å². The number of methoxy groups -OCH3 is 1. The fraction of sp³-hybridized carbons (Fsp3) is 0.391. The third-order valence-corrected chi connectivity index (χ3v) is 10.4. The number of hydrogen-bond acceptors (Lipinski definition) is 4. The highest BCUT2D eigenvalue weighted by Gasteiger charge is 2.37. The molecular weight excluding hydrogens is 435 g/mol. The quantitative estimate of drug-likeness (QED) is 0.394. The summed E-state index contributed by atoms with van der Waals surface area (Å²) in [6, 6.07) is 6.15. The van der Waals surface area contributed by atoms with Gasteiger partial charge in [-0.2, -0.15) is 22.8 Å². The lowest BCUT2D eigenvalue weighted by Gasteiger charge is -2.36. The third-order valence-electron chi connectivity index (χ3n) is 5.96. The van der Waals surface area contributed by atoms with E-state index in [1.807, 2.05) is 6.07 Å². The molecule has 32 heavy (non-hydrogen) atoms. The number of rotatable bonds is 6. The normalized spacial score (nSPS) is 12.9. The van der Waals surface area contributed by atoms with Crippen molar-refractivity contribution in [2.45, 2.75) is 45.1 Å². The van der Waals surface area contributed by atoms with Gasteiger partial charge in [-0.15, -0.1) is 0 Å². The van der Waals surface area contributed by atoms with Gasteiger partial charge >= 0.3 is 6.18 Å². The summed E-state index contributed by atoms with van der Waals surface area (Å²) in [6.45, 7) is 15.3. The standard InChI is InChI=1S/C23H28F3N3O2Si/c1-15(14-31-32(6,7)22(2,3)4)16-10-17(13-27-12-16)18-8-9-21(30-5)29-19(18)11-20(28-29)23(24,25)26/h8-13H,1,14H2,2-7H3. The summed E-state index contributed by atoms with van der Waals surface area (Å²) in [7, 11) is -0.567. The zero-order valence-electron chi connectivity index (χ0n) is 19.2. The van der Waals surface area contributed by atoms with Crippen LogP contribution in [0.2, 0.25) is 18.1 Å². The summed E-state index contributed by atoms with van der Waals surface area (Å²) in [5.74, 6) is 0.204. The number of halogens is 3. The number of fused-ring (bicyclic) bond motifs is 1. The van der Waals surface area contributed by atoms with Gasteiger partial charge < -0.3 is 9.16 Å². The van der Waals surface area contributed by atoms with Crippen LogP contribution in [-0.4, -0.2) is 36.6 Å². The lowest BCUT2D eigenvalue weighted by molar-refractivity contribution is -0.141. The second kappa shape index (κ2) is 8.36. The average molecular weight is 464 g/mol. The molecule has 0 radical (unpaired) electrons. The largest absolute Gasteiger partial charge is 0.481 e. The monoisotopic (exact) mass is 463 g/mol. The number of nitrogens with zero attached hydrogens (tertiary/aromatic N) is 3. The van der Waals surface area contributed by atoms with Crippen LogP contribution in [0.4, 0.5) is 13.2 Å². The second-order valence-electron chi connectivity index (χ2n) is 9.23. The van der Waals surface area contributed by atoms with Gasteiger partial charge in [0.15, 0.2) is 14.0 Å². The molecule has 0 bridgehead atoms. The Bertz CT molecular complexity index is 1150. The summed E-state index contributed by atoms with van der Waals surface area (Å²) >= 11 is 0. The van der Waals surface area contributed by atoms with E-state index in [0.717, 1.165) is 21.7 Å². The Hall–Kier alpha value is -2.65. The molecule has 0 N–H and O–H groups in total. The molecule has 0 fully saturated rings. The number of ether oxygens (including phenoxy) is 1. The van der Waals surface area contributed by atoms with Crippen LogP contribution in [0, 0.1) is 0 Å². The van der Waals surface area contributed by atoms with Crippen molar-refractivity contribution in [1.29, 1.82) is 0 Å². The first kappa shape index (κ1) is 24.0. The predicted molar refractivity (Wildman–Crippen MR) is 122 cm³/mol. The zero-order valence-corrected chi connectivity index (χ0v) is 20.2. The van der Waals surface area contributed by atoms with E-state index < -0.39 is 20.2 Å². The minimum Gasteiger partial charge on any atom is -0.481 e. The molecule has 0 unspecified atom stereocenters. The SMILES string of the molecule is C=C(CO[Si](C)(C)C(C)(C)C)c1cncc(-c2ccc(OC)n3nc(C(F)(F)F)cc23)c1. The van der Waals surface area contributed by atoms with Gasteiger partial charge in [0.1, 0.15) is 0 Å². The predicted octanol–water partition coefficient (Wildman–Crippen LogP) is 6.46. The van der Waals surface area contributed by atoms with Gasteiger partial charge in [0.2, 0.25) is 5.88 Å². The number of pyridine rings is 2. The maximum absolute atomic E-state index is 13.3. The van der Waals surface area contributed by atoms with E-state index in [1.54, 1.807) is 24.5 Å². The molecule has 5 nitrogen and oxygen atoms in total. The van der Waals surface area contributed by atoms with Crippen molar-refractivity contribution in [2.24, 2.45) is 0 Å². The molecule has 172 valence electrons. The fourth-order valence-electron chi connectivity index (χ4n) is 2.94. The Morgan fingerprint density at radius 3 is 2.41 bits per heavy atom. The maximum atomic E-state index is 13.3. The Morgan fingerprint density at radius 2 is 1.81 bits per heavy atom. The number of alkyl halides is 3. The van der Waals surface area contributed by atoms with Crippen LogP contribution in [0.15, 0.2) is 43.2 Å². The smallest absolute Gasteiger partial charge is 0.435 e. The lowest BCUT2D eigenvalue weighted by Crippen LogP contribution is -2.41. The van der Waals surface area contributed by atoms with Crippen LogP contribution in [0.3, 0.4) is 0 Å². The van der Waals surface area contributed by atoms with Crippen LogP contribution in [0.25, 0.3) is 22.2 Å². The van der Waals surface area contributed by atoms with E-state index in [-0.39, 0.29) is 16.4 Å². The Morgan fingerprint density at radius 1 is 1.12 bits per heavy atom. The second-order valence-corrected chi connectivity index (χ2v) is 14.0. The molecule has 3 aromatic rings. The van der Waals surface area contributed by atoms with Gasteiger partial charge in [-0.3, -0.25) is 4.98 Å².